The maximum atomic E-state index is 12.1. The highest BCUT2D eigenvalue weighted by Gasteiger charge is 2.17. The Hall–Kier alpha value is -3.29. The zero-order chi connectivity index (χ0) is 18.0. The maximum absolute atomic E-state index is 12.1. The van der Waals surface area contributed by atoms with Gasteiger partial charge in [-0.1, -0.05) is 12.1 Å². The molecule has 0 aliphatic heterocycles. The van der Waals surface area contributed by atoms with Crippen LogP contribution in [0.2, 0.25) is 0 Å². The van der Waals surface area contributed by atoms with Gasteiger partial charge >= 0.3 is 5.97 Å². The first kappa shape index (κ1) is 16.6. The molecule has 3 rings (SSSR count). The lowest BCUT2D eigenvalue weighted by atomic mass is 10.2. The molecule has 0 aliphatic carbocycles. The van der Waals surface area contributed by atoms with Gasteiger partial charge in [-0.3, -0.25) is 4.79 Å². The first-order chi connectivity index (χ1) is 11.9. The molecular weight excluding hydrogens is 322 g/mol. The Morgan fingerprint density at radius 3 is 2.72 bits per heavy atom. The third kappa shape index (κ3) is 3.79. The molecule has 0 aliphatic rings. The quantitative estimate of drug-likeness (QED) is 0.728. The van der Waals surface area contributed by atoms with Crippen LogP contribution in [0.15, 0.2) is 30.3 Å². The van der Waals surface area contributed by atoms with Gasteiger partial charge in [-0.05, 0) is 44.5 Å². The van der Waals surface area contributed by atoms with Crippen molar-refractivity contribution in [3.05, 3.63) is 53.1 Å². The minimum atomic E-state index is -0.776. The first-order valence-electron chi connectivity index (χ1n) is 7.67. The van der Waals surface area contributed by atoms with E-state index in [0.29, 0.717) is 11.5 Å². The molecule has 1 amide bonds. The smallest absolute Gasteiger partial charge is 0.378 e. The van der Waals surface area contributed by atoms with Gasteiger partial charge < -0.3 is 10.1 Å². The lowest BCUT2D eigenvalue weighted by Gasteiger charge is -2.06. The van der Waals surface area contributed by atoms with Gasteiger partial charge in [0.25, 0.3) is 17.5 Å². The molecule has 3 aromatic rings. The summed E-state index contributed by atoms with van der Waals surface area (Å²) in [5.74, 6) is -1.03. The second kappa shape index (κ2) is 6.68. The van der Waals surface area contributed by atoms with E-state index >= 15 is 0 Å². The van der Waals surface area contributed by atoms with E-state index in [1.807, 2.05) is 45.0 Å². The predicted molar refractivity (Wildman–Crippen MR) is 90.3 cm³/mol. The van der Waals surface area contributed by atoms with Crippen LogP contribution in [-0.4, -0.2) is 38.1 Å². The standard InChI is InChI=1S/C17H17N5O3/c1-10-5-4-6-13(7-10)19-14(23)9-25-16(24)15-20-17-18-11(2)8-12(3)22(17)21-15/h4-8H,9H2,1-3H3,(H,19,23). The number of nitrogens with zero attached hydrogens (tertiary/aromatic N) is 4. The summed E-state index contributed by atoms with van der Waals surface area (Å²) >= 11 is 0. The number of fused-ring (bicyclic) bond motifs is 1. The number of nitrogens with one attached hydrogen (secondary N) is 1. The molecule has 8 heteroatoms. The number of amides is 1. The van der Waals surface area contributed by atoms with E-state index in [1.165, 1.54) is 4.52 Å². The van der Waals surface area contributed by atoms with Gasteiger partial charge in [0, 0.05) is 17.1 Å². The SMILES string of the molecule is Cc1cccc(NC(=O)COC(=O)c2nc3nc(C)cc(C)n3n2)c1. The highest BCUT2D eigenvalue weighted by Crippen LogP contribution is 2.09. The van der Waals surface area contributed by atoms with Crippen LogP contribution in [0.5, 0.6) is 0 Å². The predicted octanol–water partition coefficient (Wildman–Crippen LogP) is 1.85. The zero-order valence-electron chi connectivity index (χ0n) is 14.1. The van der Waals surface area contributed by atoms with Gasteiger partial charge in [0.15, 0.2) is 6.61 Å². The molecule has 0 radical (unpaired) electrons. The third-order valence-electron chi connectivity index (χ3n) is 3.44. The molecule has 1 N–H and O–H groups in total. The number of esters is 1. The summed E-state index contributed by atoms with van der Waals surface area (Å²) in [5.41, 5.74) is 3.23. The third-order valence-corrected chi connectivity index (χ3v) is 3.44. The Bertz CT molecular complexity index is 964. The summed E-state index contributed by atoms with van der Waals surface area (Å²) in [6.45, 7) is 5.16. The molecule has 25 heavy (non-hydrogen) atoms. The zero-order valence-corrected chi connectivity index (χ0v) is 14.1. The molecule has 0 bridgehead atoms. The van der Waals surface area contributed by atoms with Crippen molar-refractivity contribution in [3.63, 3.8) is 0 Å². The fourth-order valence-electron chi connectivity index (χ4n) is 2.37. The number of aryl methyl sites for hydroxylation is 3. The number of hydrogen-bond acceptors (Lipinski definition) is 6. The average Bonchev–Trinajstić information content (AvgIpc) is 2.97. The highest BCUT2D eigenvalue weighted by molar-refractivity contribution is 5.94. The normalized spacial score (nSPS) is 10.7. The first-order valence-corrected chi connectivity index (χ1v) is 7.67. The number of hydrogen-bond donors (Lipinski definition) is 1. The van der Waals surface area contributed by atoms with Gasteiger partial charge in [0.2, 0.25) is 0 Å². The van der Waals surface area contributed by atoms with Crippen LogP contribution in [-0.2, 0) is 9.53 Å². The van der Waals surface area contributed by atoms with Crippen LogP contribution < -0.4 is 5.32 Å². The Morgan fingerprint density at radius 2 is 1.96 bits per heavy atom. The van der Waals surface area contributed by atoms with Crippen molar-refractivity contribution in [1.29, 1.82) is 0 Å². The summed E-state index contributed by atoms with van der Waals surface area (Å²) < 4.78 is 6.43. The summed E-state index contributed by atoms with van der Waals surface area (Å²) in [5, 5.41) is 6.72. The Morgan fingerprint density at radius 1 is 1.16 bits per heavy atom. The largest absolute Gasteiger partial charge is 0.450 e. The van der Waals surface area contributed by atoms with Gasteiger partial charge in [-0.15, -0.1) is 5.10 Å². The minimum Gasteiger partial charge on any atom is -0.450 e. The van der Waals surface area contributed by atoms with Crippen molar-refractivity contribution < 1.29 is 14.3 Å². The molecule has 8 nitrogen and oxygen atoms in total. The molecule has 0 atom stereocenters. The van der Waals surface area contributed by atoms with Crippen LogP contribution >= 0.6 is 0 Å². The molecule has 0 unspecified atom stereocenters. The number of anilines is 1. The molecule has 128 valence electrons. The monoisotopic (exact) mass is 339 g/mol. The lowest BCUT2D eigenvalue weighted by Crippen LogP contribution is -2.21. The topological polar surface area (TPSA) is 98.5 Å². The number of aromatic nitrogens is 4. The van der Waals surface area contributed by atoms with Crippen LogP contribution in [0, 0.1) is 20.8 Å². The molecule has 0 spiro atoms. The van der Waals surface area contributed by atoms with Crippen molar-refractivity contribution in [2.75, 3.05) is 11.9 Å². The summed E-state index contributed by atoms with van der Waals surface area (Å²) in [6, 6.07) is 9.15. The van der Waals surface area contributed by atoms with E-state index in [4.69, 9.17) is 4.74 Å². The number of carbonyl (C=O) groups excluding carboxylic acids is 2. The van der Waals surface area contributed by atoms with Gasteiger partial charge in [-0.25, -0.2) is 14.3 Å². The fraction of sp³-hybridized carbons (Fsp3) is 0.235. The van der Waals surface area contributed by atoms with Crippen LogP contribution in [0.1, 0.15) is 27.6 Å². The second-order valence-electron chi connectivity index (χ2n) is 5.68. The van der Waals surface area contributed by atoms with Gasteiger partial charge in [0.1, 0.15) is 0 Å². The molecule has 1 aromatic carbocycles. The number of benzene rings is 1. The van der Waals surface area contributed by atoms with E-state index in [2.05, 4.69) is 20.4 Å². The van der Waals surface area contributed by atoms with E-state index in [-0.39, 0.29) is 5.82 Å². The van der Waals surface area contributed by atoms with Crippen molar-refractivity contribution in [2.45, 2.75) is 20.8 Å². The fourth-order valence-corrected chi connectivity index (χ4v) is 2.37. The molecule has 0 saturated heterocycles. The summed E-state index contributed by atoms with van der Waals surface area (Å²) in [4.78, 5) is 32.2. The molecule has 0 fully saturated rings. The number of carbonyl (C=O) groups is 2. The molecule has 0 saturated carbocycles. The van der Waals surface area contributed by atoms with Crippen LogP contribution in [0.4, 0.5) is 5.69 Å². The Kier molecular flexibility index (Phi) is 4.42. The molecule has 2 heterocycles. The van der Waals surface area contributed by atoms with E-state index in [1.54, 1.807) is 6.07 Å². The maximum Gasteiger partial charge on any atom is 0.378 e. The average molecular weight is 339 g/mol. The van der Waals surface area contributed by atoms with E-state index < -0.39 is 18.5 Å². The van der Waals surface area contributed by atoms with Crippen LogP contribution in [0.3, 0.4) is 0 Å². The van der Waals surface area contributed by atoms with Crippen LogP contribution in [0.25, 0.3) is 5.78 Å². The Balaban J connectivity index is 1.64. The Labute approximate surface area is 143 Å². The molecular formula is C17H17N5O3. The molecule has 2 aromatic heterocycles. The van der Waals surface area contributed by atoms with Crippen molar-refractivity contribution in [1.82, 2.24) is 19.6 Å². The summed E-state index contributed by atoms with van der Waals surface area (Å²) in [6.07, 6.45) is 0. The summed E-state index contributed by atoms with van der Waals surface area (Å²) in [7, 11) is 0. The number of rotatable bonds is 4. The highest BCUT2D eigenvalue weighted by atomic mass is 16.5. The van der Waals surface area contributed by atoms with Crippen molar-refractivity contribution in [2.24, 2.45) is 0 Å². The number of ether oxygens (including phenoxy) is 1. The van der Waals surface area contributed by atoms with Crippen molar-refractivity contribution >= 4 is 23.3 Å². The van der Waals surface area contributed by atoms with Gasteiger partial charge in [0.05, 0.1) is 0 Å². The second-order valence-corrected chi connectivity index (χ2v) is 5.68. The lowest BCUT2D eigenvalue weighted by molar-refractivity contribution is -0.119. The van der Waals surface area contributed by atoms with Gasteiger partial charge in [-0.2, -0.15) is 4.98 Å². The van der Waals surface area contributed by atoms with E-state index in [9.17, 15) is 9.59 Å². The minimum absolute atomic E-state index is 0.135. The van der Waals surface area contributed by atoms with E-state index in [0.717, 1.165) is 17.0 Å². The van der Waals surface area contributed by atoms with Crippen molar-refractivity contribution in [3.8, 4) is 0 Å².